The molecule has 2 N–H and O–H groups in total. The Kier molecular flexibility index (Phi) is 5.91. The van der Waals surface area contributed by atoms with Crippen LogP contribution in [0.2, 0.25) is 0 Å². The van der Waals surface area contributed by atoms with Gasteiger partial charge in [0.15, 0.2) is 6.61 Å². The molecule has 0 spiro atoms. The lowest BCUT2D eigenvalue weighted by atomic mass is 9.89. The number of nitrogens with one attached hydrogen (secondary N) is 2. The fraction of sp³-hybridized carbons (Fsp3) is 0.474. The summed E-state index contributed by atoms with van der Waals surface area (Å²) in [5, 5.41) is 3.10. The molecule has 7 nitrogen and oxygen atoms in total. The Labute approximate surface area is 160 Å². The van der Waals surface area contributed by atoms with Gasteiger partial charge >= 0.3 is 5.97 Å². The van der Waals surface area contributed by atoms with Crippen LogP contribution in [-0.4, -0.2) is 35.0 Å². The summed E-state index contributed by atoms with van der Waals surface area (Å²) in [5.41, 5.74) is 0.981. The fourth-order valence-corrected chi connectivity index (χ4v) is 4.55. The minimum Gasteiger partial charge on any atom is -0.456 e. The summed E-state index contributed by atoms with van der Waals surface area (Å²) in [4.78, 5) is 44.9. The van der Waals surface area contributed by atoms with Gasteiger partial charge in [0.2, 0.25) is 0 Å². The van der Waals surface area contributed by atoms with Crippen LogP contribution in [0.25, 0.3) is 10.2 Å². The lowest BCUT2D eigenvalue weighted by Crippen LogP contribution is -2.29. The Balaban J connectivity index is 1.63. The second kappa shape index (κ2) is 8.35. The summed E-state index contributed by atoms with van der Waals surface area (Å²) < 4.78 is 4.88. The van der Waals surface area contributed by atoms with Crippen molar-refractivity contribution in [2.24, 2.45) is 5.92 Å². The lowest BCUT2D eigenvalue weighted by molar-refractivity contribution is -0.148. The second-order valence-corrected chi connectivity index (χ2v) is 7.77. The van der Waals surface area contributed by atoms with Gasteiger partial charge in [0.05, 0.1) is 18.4 Å². The number of rotatable bonds is 6. The number of ether oxygens (including phenoxy) is 1. The van der Waals surface area contributed by atoms with E-state index in [1.165, 1.54) is 4.88 Å². The van der Waals surface area contributed by atoms with E-state index in [1.807, 2.05) is 0 Å². The quantitative estimate of drug-likeness (QED) is 0.575. The molecule has 0 fully saturated rings. The van der Waals surface area contributed by atoms with Crippen LogP contribution < -0.4 is 10.9 Å². The van der Waals surface area contributed by atoms with Crippen LogP contribution >= 0.6 is 11.3 Å². The van der Waals surface area contributed by atoms with E-state index in [1.54, 1.807) is 11.3 Å². The summed E-state index contributed by atoms with van der Waals surface area (Å²) in [6, 6.07) is 0. The number of aromatic nitrogens is 2. The number of terminal acetylenes is 1. The van der Waals surface area contributed by atoms with Crippen molar-refractivity contribution in [2.45, 2.75) is 39.0 Å². The van der Waals surface area contributed by atoms with Gasteiger partial charge in [0.1, 0.15) is 10.7 Å². The third kappa shape index (κ3) is 4.55. The van der Waals surface area contributed by atoms with Crippen molar-refractivity contribution in [3.05, 3.63) is 26.6 Å². The molecule has 0 saturated heterocycles. The summed E-state index contributed by atoms with van der Waals surface area (Å²) >= 11 is 1.57. The van der Waals surface area contributed by atoms with Gasteiger partial charge in [0, 0.05) is 11.3 Å². The minimum absolute atomic E-state index is 0.0268. The molecule has 27 heavy (non-hydrogen) atoms. The van der Waals surface area contributed by atoms with Gasteiger partial charge < -0.3 is 15.0 Å². The first-order chi connectivity index (χ1) is 13.0. The number of hydrogen-bond acceptors (Lipinski definition) is 6. The number of carbonyl (C=O) groups excluding carboxylic acids is 2. The molecule has 2 heterocycles. The van der Waals surface area contributed by atoms with E-state index in [9.17, 15) is 14.4 Å². The van der Waals surface area contributed by atoms with Gasteiger partial charge in [0.25, 0.3) is 11.5 Å². The summed E-state index contributed by atoms with van der Waals surface area (Å²) in [5.74, 6) is 2.35. The Morgan fingerprint density at radius 2 is 2.30 bits per heavy atom. The number of hydrogen-bond donors (Lipinski definition) is 2. The molecule has 1 amide bonds. The monoisotopic (exact) mass is 387 g/mol. The van der Waals surface area contributed by atoms with Gasteiger partial charge in [-0.15, -0.1) is 17.8 Å². The zero-order chi connectivity index (χ0) is 19.4. The molecule has 142 valence electrons. The highest BCUT2D eigenvalue weighted by molar-refractivity contribution is 7.18. The van der Waals surface area contributed by atoms with Gasteiger partial charge in [-0.05, 0) is 30.7 Å². The Morgan fingerprint density at radius 1 is 1.48 bits per heavy atom. The fourth-order valence-electron chi connectivity index (χ4n) is 3.15. The smallest absolute Gasteiger partial charge is 0.306 e. The van der Waals surface area contributed by atoms with Crippen LogP contribution in [0.5, 0.6) is 0 Å². The summed E-state index contributed by atoms with van der Waals surface area (Å²) in [6.07, 6.45) is 8.28. The number of nitrogens with zero attached hydrogens (tertiary/aromatic N) is 1. The number of esters is 1. The number of aryl methyl sites for hydroxylation is 2. The molecule has 2 aromatic rings. The van der Waals surface area contributed by atoms with Crippen LogP contribution in [0.1, 0.15) is 36.0 Å². The Morgan fingerprint density at radius 3 is 3.07 bits per heavy atom. The highest BCUT2D eigenvalue weighted by Crippen LogP contribution is 2.35. The maximum atomic E-state index is 12.5. The zero-order valence-corrected chi connectivity index (χ0v) is 15.9. The zero-order valence-electron chi connectivity index (χ0n) is 15.1. The molecular weight excluding hydrogens is 366 g/mol. The molecule has 0 aromatic carbocycles. The second-order valence-electron chi connectivity index (χ2n) is 6.69. The van der Waals surface area contributed by atoms with Crippen molar-refractivity contribution < 1.29 is 14.3 Å². The average molecular weight is 387 g/mol. The highest BCUT2D eigenvalue weighted by Gasteiger charge is 2.23. The standard InChI is InChI=1S/C19H21N3O4S/c1-3-8-20-15(23)10-26-16(24)7-6-14-21-18(25)17-12-5-4-11(2)9-13(12)27-19(17)22-14/h1,11H,4-10H2,2H3,(H,20,23)(H,21,22,25)/t11-/m0/s1. The lowest BCUT2D eigenvalue weighted by Gasteiger charge is -2.17. The first-order valence-corrected chi connectivity index (χ1v) is 9.68. The van der Waals surface area contributed by atoms with Crippen molar-refractivity contribution in [3.8, 4) is 12.3 Å². The van der Waals surface area contributed by atoms with Crippen LogP contribution in [0.4, 0.5) is 0 Å². The van der Waals surface area contributed by atoms with Gasteiger partial charge in [-0.2, -0.15) is 0 Å². The van der Waals surface area contributed by atoms with Gasteiger partial charge in [-0.3, -0.25) is 14.4 Å². The van der Waals surface area contributed by atoms with Crippen LogP contribution in [-0.2, 0) is 33.6 Å². The van der Waals surface area contributed by atoms with E-state index < -0.39 is 11.9 Å². The van der Waals surface area contributed by atoms with Crippen molar-refractivity contribution >= 4 is 33.4 Å². The third-order valence-electron chi connectivity index (χ3n) is 4.53. The third-order valence-corrected chi connectivity index (χ3v) is 5.68. The molecule has 3 rings (SSSR count). The topological polar surface area (TPSA) is 101 Å². The maximum Gasteiger partial charge on any atom is 0.306 e. The first-order valence-electron chi connectivity index (χ1n) is 8.87. The van der Waals surface area contributed by atoms with E-state index in [0.717, 1.165) is 29.7 Å². The van der Waals surface area contributed by atoms with E-state index >= 15 is 0 Å². The summed E-state index contributed by atoms with van der Waals surface area (Å²) in [6.45, 7) is 1.93. The molecule has 1 aliphatic rings. The van der Waals surface area contributed by atoms with E-state index in [0.29, 0.717) is 17.1 Å². The summed E-state index contributed by atoms with van der Waals surface area (Å²) in [7, 11) is 0. The Hall–Kier alpha value is -2.66. The van der Waals surface area contributed by atoms with E-state index in [-0.39, 0.29) is 31.6 Å². The largest absolute Gasteiger partial charge is 0.456 e. The van der Waals surface area contributed by atoms with Gasteiger partial charge in [-0.1, -0.05) is 12.8 Å². The number of H-pyrrole nitrogens is 1. The molecule has 1 atom stereocenters. The molecular formula is C19H21N3O4S. The molecule has 8 heteroatoms. The van der Waals surface area contributed by atoms with E-state index in [2.05, 4.69) is 28.1 Å². The van der Waals surface area contributed by atoms with Crippen LogP contribution in [0.15, 0.2) is 4.79 Å². The molecule has 0 bridgehead atoms. The van der Waals surface area contributed by atoms with E-state index in [4.69, 9.17) is 11.2 Å². The average Bonchev–Trinajstić information content (AvgIpc) is 3.00. The normalized spacial score (nSPS) is 15.8. The minimum atomic E-state index is -0.534. The van der Waals surface area contributed by atoms with Crippen molar-refractivity contribution in [3.63, 3.8) is 0 Å². The van der Waals surface area contributed by atoms with Crippen molar-refractivity contribution in [1.82, 2.24) is 15.3 Å². The molecule has 0 saturated carbocycles. The molecule has 0 aliphatic heterocycles. The van der Waals surface area contributed by atoms with Gasteiger partial charge in [-0.25, -0.2) is 4.98 Å². The molecule has 0 radical (unpaired) electrons. The first kappa shape index (κ1) is 19.1. The molecule has 2 aromatic heterocycles. The predicted octanol–water partition coefficient (Wildman–Crippen LogP) is 1.33. The van der Waals surface area contributed by atoms with Crippen molar-refractivity contribution in [1.29, 1.82) is 0 Å². The maximum absolute atomic E-state index is 12.5. The Bertz CT molecular complexity index is 970. The predicted molar refractivity (Wildman–Crippen MR) is 103 cm³/mol. The highest BCUT2D eigenvalue weighted by atomic mass is 32.1. The van der Waals surface area contributed by atoms with Crippen LogP contribution in [0, 0.1) is 18.3 Å². The number of fused-ring (bicyclic) bond motifs is 3. The van der Waals surface area contributed by atoms with Crippen LogP contribution in [0.3, 0.4) is 0 Å². The molecule has 0 unspecified atom stereocenters. The van der Waals surface area contributed by atoms with Crippen molar-refractivity contribution in [2.75, 3.05) is 13.2 Å². The molecule has 1 aliphatic carbocycles. The number of aromatic amines is 1. The number of carbonyl (C=O) groups is 2. The number of amides is 1. The SMILES string of the molecule is C#CCNC(=O)COC(=O)CCc1nc2sc3c(c2c(=O)[nH]1)CC[C@H](C)C3. The number of thiophene rings is 1.